The van der Waals surface area contributed by atoms with Gasteiger partial charge in [-0.2, -0.15) is 0 Å². The largest absolute Gasteiger partial charge is 0.325 e. The predicted molar refractivity (Wildman–Crippen MR) is 97.2 cm³/mol. The highest BCUT2D eigenvalue weighted by atomic mass is 32.2. The molecule has 1 aliphatic heterocycles. The highest BCUT2D eigenvalue weighted by Crippen LogP contribution is 2.47. The van der Waals surface area contributed by atoms with E-state index in [0.29, 0.717) is 0 Å². The maximum Gasteiger partial charge on any atom is 0.259 e. The Morgan fingerprint density at radius 1 is 1.00 bits per heavy atom. The first kappa shape index (κ1) is 17.4. The molecular weight excluding hydrogens is 368 g/mol. The van der Waals surface area contributed by atoms with Crippen LogP contribution in [0.1, 0.15) is 39.1 Å². The van der Waals surface area contributed by atoms with Crippen molar-refractivity contribution < 1.29 is 22.8 Å². The summed E-state index contributed by atoms with van der Waals surface area (Å²) >= 11 is 0. The molecule has 0 bridgehead atoms. The van der Waals surface area contributed by atoms with E-state index in [1.54, 1.807) is 12.1 Å². The lowest BCUT2D eigenvalue weighted by Gasteiger charge is -2.17. The van der Waals surface area contributed by atoms with Gasteiger partial charge in [-0.15, -0.1) is 0 Å². The molecule has 1 saturated carbocycles. The Hall–Kier alpha value is -3.00. The van der Waals surface area contributed by atoms with Crippen molar-refractivity contribution in [2.45, 2.75) is 29.4 Å². The molecule has 7 nitrogen and oxygen atoms in total. The van der Waals surface area contributed by atoms with Crippen molar-refractivity contribution in [3.63, 3.8) is 0 Å². The number of sulfone groups is 1. The maximum absolute atomic E-state index is 13.0. The molecule has 0 atom stereocenters. The van der Waals surface area contributed by atoms with Gasteiger partial charge in [0.2, 0.25) is 5.91 Å². The topological polar surface area (TPSA) is 109 Å². The number of carbonyl (C=O) groups excluding carboxylic acids is 3. The molecule has 27 heavy (non-hydrogen) atoms. The van der Waals surface area contributed by atoms with Gasteiger partial charge in [-0.3, -0.25) is 19.7 Å². The monoisotopic (exact) mass is 384 g/mol. The normalized spacial score (nSPS) is 17.2. The summed E-state index contributed by atoms with van der Waals surface area (Å²) in [6.07, 6.45) is 0.470. The smallest absolute Gasteiger partial charge is 0.259 e. The van der Waals surface area contributed by atoms with E-state index in [4.69, 9.17) is 0 Å². The molecule has 0 radical (unpaired) electrons. The Bertz CT molecular complexity index is 1100. The van der Waals surface area contributed by atoms with E-state index < -0.39 is 32.3 Å². The summed E-state index contributed by atoms with van der Waals surface area (Å²) in [5.41, 5.74) is 1.58. The molecule has 0 unspecified atom stereocenters. The van der Waals surface area contributed by atoms with E-state index in [1.165, 1.54) is 30.3 Å². The van der Waals surface area contributed by atoms with Crippen molar-refractivity contribution in [1.29, 1.82) is 0 Å². The number of rotatable bonds is 4. The van der Waals surface area contributed by atoms with E-state index >= 15 is 0 Å². The van der Waals surface area contributed by atoms with E-state index in [2.05, 4.69) is 10.6 Å². The summed E-state index contributed by atoms with van der Waals surface area (Å²) in [5.74, 6) is -1.67. The summed E-state index contributed by atoms with van der Waals surface area (Å²) in [6, 6.07) is 10.7. The molecule has 2 aromatic carbocycles. The van der Waals surface area contributed by atoms with Gasteiger partial charge >= 0.3 is 0 Å². The van der Waals surface area contributed by atoms with Crippen molar-refractivity contribution in [2.24, 2.45) is 0 Å². The highest BCUT2D eigenvalue weighted by Gasteiger charge is 2.61. The van der Waals surface area contributed by atoms with Crippen molar-refractivity contribution in [3.8, 4) is 0 Å². The van der Waals surface area contributed by atoms with E-state index in [1.807, 2.05) is 6.92 Å². The number of aryl methyl sites for hydroxylation is 1. The van der Waals surface area contributed by atoms with Crippen LogP contribution in [-0.4, -0.2) is 30.9 Å². The van der Waals surface area contributed by atoms with Crippen LogP contribution in [0, 0.1) is 6.92 Å². The Balaban J connectivity index is 1.62. The molecule has 1 aliphatic carbocycles. The second-order valence-corrected chi connectivity index (χ2v) is 9.07. The minimum atomic E-state index is -3.84. The zero-order valence-electron chi connectivity index (χ0n) is 14.4. The van der Waals surface area contributed by atoms with Crippen LogP contribution < -0.4 is 10.6 Å². The fourth-order valence-electron chi connectivity index (χ4n) is 3.17. The Kier molecular flexibility index (Phi) is 3.71. The third-order valence-corrected chi connectivity index (χ3v) is 7.47. The molecule has 3 amide bonds. The lowest BCUT2D eigenvalue weighted by atomic mass is 10.1. The van der Waals surface area contributed by atoms with Gasteiger partial charge in [0.15, 0.2) is 14.6 Å². The zero-order valence-corrected chi connectivity index (χ0v) is 15.2. The number of hydrogen-bond donors (Lipinski definition) is 2. The second kappa shape index (κ2) is 5.75. The lowest BCUT2D eigenvalue weighted by Crippen LogP contribution is -2.37. The first-order valence-electron chi connectivity index (χ1n) is 8.37. The number of hydrogen-bond acceptors (Lipinski definition) is 5. The van der Waals surface area contributed by atoms with Gasteiger partial charge in [-0.1, -0.05) is 17.7 Å². The average Bonchev–Trinajstić information content (AvgIpc) is 3.39. The summed E-state index contributed by atoms with van der Waals surface area (Å²) in [5, 5.41) is 4.76. The minimum Gasteiger partial charge on any atom is -0.325 e. The summed E-state index contributed by atoms with van der Waals surface area (Å²) in [7, 11) is -3.84. The van der Waals surface area contributed by atoms with Crippen LogP contribution in [0.5, 0.6) is 0 Å². The average molecular weight is 384 g/mol. The predicted octanol–water partition coefficient (Wildman–Crippen LogP) is 1.82. The molecule has 2 N–H and O–H groups in total. The number of nitrogens with one attached hydrogen (secondary N) is 2. The van der Waals surface area contributed by atoms with Crippen LogP contribution in [0.2, 0.25) is 0 Å². The van der Waals surface area contributed by atoms with Gasteiger partial charge in [0.25, 0.3) is 11.8 Å². The fraction of sp³-hybridized carbons (Fsp3) is 0.211. The van der Waals surface area contributed by atoms with Crippen molar-refractivity contribution in [3.05, 3.63) is 59.2 Å². The van der Waals surface area contributed by atoms with Crippen LogP contribution in [0.3, 0.4) is 0 Å². The van der Waals surface area contributed by atoms with Crippen molar-refractivity contribution >= 4 is 33.2 Å². The minimum absolute atomic E-state index is 0.111. The van der Waals surface area contributed by atoms with Gasteiger partial charge in [-0.25, -0.2) is 8.42 Å². The Morgan fingerprint density at radius 3 is 2.26 bits per heavy atom. The molecule has 4 rings (SSSR count). The lowest BCUT2D eigenvalue weighted by molar-refractivity contribution is -0.116. The molecule has 8 heteroatoms. The molecule has 0 saturated heterocycles. The van der Waals surface area contributed by atoms with E-state index in [9.17, 15) is 22.8 Å². The van der Waals surface area contributed by atoms with Crippen molar-refractivity contribution in [1.82, 2.24) is 5.32 Å². The molecule has 0 spiro atoms. The number of fused-ring (bicyclic) bond motifs is 1. The molecule has 1 fully saturated rings. The molecular formula is C19H16N2O5S. The molecule has 2 aromatic rings. The highest BCUT2D eigenvalue weighted by molar-refractivity contribution is 7.94. The second-order valence-electron chi connectivity index (χ2n) is 6.81. The van der Waals surface area contributed by atoms with Gasteiger partial charge in [0, 0.05) is 5.69 Å². The van der Waals surface area contributed by atoms with E-state index in [-0.39, 0.29) is 34.6 Å². The molecule has 2 aliphatic rings. The maximum atomic E-state index is 13.0. The third kappa shape index (κ3) is 2.64. The molecule has 1 heterocycles. The zero-order chi connectivity index (χ0) is 19.4. The summed E-state index contributed by atoms with van der Waals surface area (Å²) in [4.78, 5) is 36.2. The van der Waals surface area contributed by atoms with Crippen LogP contribution in [0.15, 0.2) is 47.4 Å². The summed E-state index contributed by atoms with van der Waals surface area (Å²) < 4.78 is 24.4. The quantitative estimate of drug-likeness (QED) is 0.782. The Morgan fingerprint density at radius 2 is 1.63 bits per heavy atom. The number of imide groups is 1. The number of anilines is 1. The number of benzene rings is 2. The number of carbonyl (C=O) groups is 3. The van der Waals surface area contributed by atoms with Crippen LogP contribution in [0.25, 0.3) is 0 Å². The third-order valence-electron chi connectivity index (χ3n) is 4.96. The van der Waals surface area contributed by atoms with Gasteiger partial charge in [0.1, 0.15) is 0 Å². The van der Waals surface area contributed by atoms with Gasteiger partial charge < -0.3 is 5.32 Å². The van der Waals surface area contributed by atoms with Crippen LogP contribution >= 0.6 is 0 Å². The standard InChI is InChI=1S/C19H16N2O5S/c1-11-2-5-13(6-3-11)27(25,26)19(8-9-19)18(24)20-12-4-7-14-15(10-12)17(23)21-16(14)22/h2-7,10H,8-9H2,1H3,(H,20,24)(H,21,22,23). The van der Waals surface area contributed by atoms with Crippen molar-refractivity contribution in [2.75, 3.05) is 5.32 Å². The molecule has 138 valence electrons. The van der Waals surface area contributed by atoms with Gasteiger partial charge in [0.05, 0.1) is 16.0 Å². The van der Waals surface area contributed by atoms with E-state index in [0.717, 1.165) is 5.56 Å². The Labute approximate surface area is 155 Å². The van der Waals surface area contributed by atoms with Crippen LogP contribution in [-0.2, 0) is 14.6 Å². The molecule has 0 aromatic heterocycles. The summed E-state index contributed by atoms with van der Waals surface area (Å²) in [6.45, 7) is 1.85. The first-order valence-corrected chi connectivity index (χ1v) is 9.85. The van der Waals surface area contributed by atoms with Crippen LogP contribution in [0.4, 0.5) is 5.69 Å². The SMILES string of the molecule is Cc1ccc(S(=O)(=O)C2(C(=O)Nc3ccc4c(c3)C(=O)NC4=O)CC2)cc1. The van der Waals surface area contributed by atoms with Gasteiger partial charge in [-0.05, 0) is 50.1 Å². The fourth-order valence-corrected chi connectivity index (χ4v) is 5.05. The number of amides is 3. The first-order chi connectivity index (χ1) is 12.7.